The van der Waals surface area contributed by atoms with Crippen LogP contribution in [0.3, 0.4) is 0 Å². The molecule has 0 amide bonds. The highest BCUT2D eigenvalue weighted by Gasteiger charge is 2.14. The molecule has 3 nitrogen and oxygen atoms in total. The van der Waals surface area contributed by atoms with E-state index >= 15 is 0 Å². The largest absolute Gasteiger partial charge is 0.465 e. The van der Waals surface area contributed by atoms with Crippen molar-refractivity contribution in [3.8, 4) is 6.07 Å². The van der Waals surface area contributed by atoms with E-state index in [1.165, 1.54) is 30.5 Å². The predicted molar refractivity (Wildman–Crippen MR) is 73.1 cm³/mol. The lowest BCUT2D eigenvalue weighted by Gasteiger charge is -2.01. The lowest BCUT2D eigenvalue weighted by atomic mass is 10.0. The molecule has 0 N–H and O–H groups in total. The third-order valence-corrected chi connectivity index (χ3v) is 2.76. The molecule has 0 bridgehead atoms. The van der Waals surface area contributed by atoms with Crippen LogP contribution in [-0.2, 0) is 0 Å². The van der Waals surface area contributed by atoms with E-state index in [9.17, 15) is 4.79 Å². The third-order valence-electron chi connectivity index (χ3n) is 2.32. The Hall–Kier alpha value is -2.02. The SMILES string of the molecule is N#C/C(=C\c1ccco1)C(=O)c1cc(Cl)cc(Cl)c1. The fourth-order valence-corrected chi connectivity index (χ4v) is 2.03. The Morgan fingerprint density at radius 1 is 1.26 bits per heavy atom. The minimum Gasteiger partial charge on any atom is -0.465 e. The number of Topliss-reactive ketones (excluding diaryl/α,β-unsaturated/α-hetero) is 1. The molecule has 0 fully saturated rings. The molecule has 1 aromatic heterocycles. The summed E-state index contributed by atoms with van der Waals surface area (Å²) in [4.78, 5) is 12.2. The Balaban J connectivity index is 2.39. The second kappa shape index (κ2) is 5.75. The van der Waals surface area contributed by atoms with E-state index in [-0.39, 0.29) is 11.1 Å². The van der Waals surface area contributed by atoms with Gasteiger partial charge in [-0.15, -0.1) is 0 Å². The molecule has 19 heavy (non-hydrogen) atoms. The summed E-state index contributed by atoms with van der Waals surface area (Å²) in [5.74, 6) is -0.0266. The van der Waals surface area contributed by atoms with Gasteiger partial charge in [0, 0.05) is 21.7 Å². The van der Waals surface area contributed by atoms with E-state index in [0.29, 0.717) is 15.8 Å². The van der Waals surface area contributed by atoms with Crippen LogP contribution in [0.4, 0.5) is 0 Å². The van der Waals surface area contributed by atoms with Crippen molar-refractivity contribution in [1.82, 2.24) is 0 Å². The van der Waals surface area contributed by atoms with Crippen molar-refractivity contribution in [3.05, 3.63) is 63.5 Å². The number of benzene rings is 1. The van der Waals surface area contributed by atoms with E-state index in [1.54, 1.807) is 12.1 Å². The quantitative estimate of drug-likeness (QED) is 0.479. The van der Waals surface area contributed by atoms with Crippen LogP contribution >= 0.6 is 23.2 Å². The molecule has 0 aliphatic heterocycles. The number of halogens is 2. The summed E-state index contributed by atoms with van der Waals surface area (Å²) in [6.45, 7) is 0. The first-order chi connectivity index (χ1) is 9.10. The molecular weight excluding hydrogens is 285 g/mol. The average Bonchev–Trinajstić information content (AvgIpc) is 2.86. The predicted octanol–water partition coefficient (Wildman–Crippen LogP) is 4.38. The van der Waals surface area contributed by atoms with E-state index in [0.717, 1.165) is 0 Å². The van der Waals surface area contributed by atoms with E-state index in [1.807, 2.05) is 6.07 Å². The molecule has 0 radical (unpaired) electrons. The van der Waals surface area contributed by atoms with Crippen LogP contribution < -0.4 is 0 Å². The zero-order valence-corrected chi connectivity index (χ0v) is 11.1. The van der Waals surface area contributed by atoms with Crippen LogP contribution in [0, 0.1) is 11.3 Å². The Kier molecular flexibility index (Phi) is 4.06. The smallest absolute Gasteiger partial charge is 0.203 e. The molecule has 2 rings (SSSR count). The average molecular weight is 292 g/mol. The molecule has 2 aromatic rings. The van der Waals surface area contributed by atoms with Crippen LogP contribution in [0.2, 0.25) is 10.0 Å². The summed E-state index contributed by atoms with van der Waals surface area (Å²) in [7, 11) is 0. The molecular formula is C14H7Cl2NO2. The minimum atomic E-state index is -0.455. The fraction of sp³-hybridized carbons (Fsp3) is 0. The van der Waals surface area contributed by atoms with Crippen LogP contribution in [0.1, 0.15) is 16.1 Å². The lowest BCUT2D eigenvalue weighted by molar-refractivity contribution is 0.104. The molecule has 5 heteroatoms. The topological polar surface area (TPSA) is 54.0 Å². The summed E-state index contributed by atoms with van der Waals surface area (Å²) in [5, 5.41) is 9.73. The van der Waals surface area contributed by atoms with Crippen molar-refractivity contribution in [3.63, 3.8) is 0 Å². The van der Waals surface area contributed by atoms with Gasteiger partial charge in [0.15, 0.2) is 0 Å². The standard InChI is InChI=1S/C14H7Cl2NO2/c15-11-4-9(5-12(16)7-11)14(18)10(8-17)6-13-2-1-3-19-13/h1-7H/b10-6+. The molecule has 0 aliphatic rings. The highest BCUT2D eigenvalue weighted by molar-refractivity contribution is 6.35. The van der Waals surface area contributed by atoms with Gasteiger partial charge in [-0.2, -0.15) is 5.26 Å². The third kappa shape index (κ3) is 3.25. The molecule has 0 atom stereocenters. The maximum Gasteiger partial charge on any atom is 0.203 e. The van der Waals surface area contributed by atoms with Crippen LogP contribution in [-0.4, -0.2) is 5.78 Å². The van der Waals surface area contributed by atoms with Gasteiger partial charge in [-0.05, 0) is 30.3 Å². The van der Waals surface area contributed by atoms with Gasteiger partial charge in [0.2, 0.25) is 5.78 Å². The Morgan fingerprint density at radius 2 is 1.95 bits per heavy atom. The molecule has 0 aliphatic carbocycles. The Bertz CT molecular complexity index is 662. The number of furan rings is 1. The van der Waals surface area contributed by atoms with Crippen LogP contribution in [0.25, 0.3) is 6.08 Å². The second-order valence-corrected chi connectivity index (χ2v) is 4.55. The summed E-state index contributed by atoms with van der Waals surface area (Å²) in [6, 6.07) is 9.60. The number of allylic oxidation sites excluding steroid dienone is 1. The van der Waals surface area contributed by atoms with Gasteiger partial charge in [0.05, 0.1) is 6.26 Å². The van der Waals surface area contributed by atoms with Crippen molar-refractivity contribution < 1.29 is 9.21 Å². The molecule has 0 unspecified atom stereocenters. The second-order valence-electron chi connectivity index (χ2n) is 3.67. The normalized spacial score (nSPS) is 11.1. The van der Waals surface area contributed by atoms with E-state index < -0.39 is 5.78 Å². The zero-order chi connectivity index (χ0) is 13.8. The Labute approximate surface area is 119 Å². The monoisotopic (exact) mass is 291 g/mol. The first-order valence-corrected chi connectivity index (χ1v) is 6.02. The number of ketones is 1. The van der Waals surface area contributed by atoms with E-state index in [4.69, 9.17) is 32.9 Å². The van der Waals surface area contributed by atoms with Crippen molar-refractivity contribution in [1.29, 1.82) is 5.26 Å². The van der Waals surface area contributed by atoms with Crippen LogP contribution in [0.15, 0.2) is 46.6 Å². The first-order valence-electron chi connectivity index (χ1n) is 5.26. The molecule has 0 spiro atoms. The summed E-state index contributed by atoms with van der Waals surface area (Å²) in [5.41, 5.74) is 0.213. The fourth-order valence-electron chi connectivity index (χ4n) is 1.50. The number of rotatable bonds is 3. The summed E-state index contributed by atoms with van der Waals surface area (Å²) >= 11 is 11.7. The summed E-state index contributed by atoms with van der Waals surface area (Å²) in [6.07, 6.45) is 2.83. The Morgan fingerprint density at radius 3 is 2.47 bits per heavy atom. The minimum absolute atomic E-state index is 0.0479. The molecule has 1 heterocycles. The number of nitrogens with zero attached hydrogens (tertiary/aromatic N) is 1. The van der Waals surface area contributed by atoms with Crippen molar-refractivity contribution in [2.45, 2.75) is 0 Å². The molecule has 1 aromatic carbocycles. The van der Waals surface area contributed by atoms with Gasteiger partial charge in [-0.3, -0.25) is 4.79 Å². The molecule has 0 saturated carbocycles. The number of hydrogen-bond donors (Lipinski definition) is 0. The van der Waals surface area contributed by atoms with Crippen molar-refractivity contribution in [2.75, 3.05) is 0 Å². The van der Waals surface area contributed by atoms with Crippen molar-refractivity contribution >= 4 is 35.1 Å². The van der Waals surface area contributed by atoms with Crippen molar-refractivity contribution in [2.24, 2.45) is 0 Å². The van der Waals surface area contributed by atoms with Gasteiger partial charge in [0.1, 0.15) is 17.4 Å². The summed E-state index contributed by atoms with van der Waals surface area (Å²) < 4.78 is 5.07. The highest BCUT2D eigenvalue weighted by atomic mass is 35.5. The van der Waals surface area contributed by atoms with Gasteiger partial charge in [-0.25, -0.2) is 0 Å². The lowest BCUT2D eigenvalue weighted by Crippen LogP contribution is -2.01. The number of carbonyl (C=O) groups is 1. The van der Waals surface area contributed by atoms with Crippen LogP contribution in [0.5, 0.6) is 0 Å². The maximum absolute atomic E-state index is 12.2. The van der Waals surface area contributed by atoms with E-state index in [2.05, 4.69) is 0 Å². The molecule has 0 saturated heterocycles. The molecule has 94 valence electrons. The maximum atomic E-state index is 12.2. The van der Waals surface area contributed by atoms with Gasteiger partial charge in [-0.1, -0.05) is 23.2 Å². The number of hydrogen-bond acceptors (Lipinski definition) is 3. The first kappa shape index (κ1) is 13.4. The number of carbonyl (C=O) groups excluding carboxylic acids is 1. The van der Waals surface area contributed by atoms with Gasteiger partial charge in [0.25, 0.3) is 0 Å². The highest BCUT2D eigenvalue weighted by Crippen LogP contribution is 2.21. The van der Waals surface area contributed by atoms with Gasteiger partial charge >= 0.3 is 0 Å². The van der Waals surface area contributed by atoms with Gasteiger partial charge < -0.3 is 4.42 Å². The number of nitriles is 1. The zero-order valence-electron chi connectivity index (χ0n) is 9.56.